The average molecular weight is 200 g/mol. The van der Waals surface area contributed by atoms with Crippen molar-refractivity contribution in [1.82, 2.24) is 5.32 Å². The van der Waals surface area contributed by atoms with Gasteiger partial charge in [-0.05, 0) is 13.3 Å². The van der Waals surface area contributed by atoms with Crippen LogP contribution in [0.2, 0.25) is 0 Å². The lowest BCUT2D eigenvalue weighted by molar-refractivity contribution is -0.128. The van der Waals surface area contributed by atoms with Gasteiger partial charge >= 0.3 is 0 Å². The zero-order chi connectivity index (χ0) is 11.1. The summed E-state index contributed by atoms with van der Waals surface area (Å²) in [4.78, 5) is 31.8. The summed E-state index contributed by atoms with van der Waals surface area (Å²) >= 11 is 0. The number of amides is 2. The third kappa shape index (κ3) is 4.56. The monoisotopic (exact) mass is 200 g/mol. The van der Waals surface area contributed by atoms with Crippen LogP contribution in [0.5, 0.6) is 0 Å². The molecule has 0 aliphatic rings. The van der Waals surface area contributed by atoms with Crippen LogP contribution < -0.4 is 16.8 Å². The summed E-state index contributed by atoms with van der Waals surface area (Å²) < 4.78 is 0. The van der Waals surface area contributed by atoms with E-state index < -0.39 is 23.9 Å². The fourth-order valence-corrected chi connectivity index (χ4v) is 0.792. The van der Waals surface area contributed by atoms with Crippen LogP contribution in [0.25, 0.3) is 0 Å². The van der Waals surface area contributed by atoms with E-state index in [1.165, 1.54) is 6.92 Å². The van der Waals surface area contributed by atoms with Gasteiger partial charge in [0, 0.05) is 6.42 Å². The zero-order valence-corrected chi connectivity index (χ0v) is 7.95. The number of carbonyl (C=O) groups excluding carboxylic acids is 3. The molecule has 0 rings (SSSR count). The van der Waals surface area contributed by atoms with E-state index in [4.69, 9.17) is 11.5 Å². The first kappa shape index (κ1) is 12.6. The second kappa shape index (κ2) is 6.09. The molecule has 2 amide bonds. The molecule has 5 N–H and O–H groups in total. The lowest BCUT2D eigenvalue weighted by Crippen LogP contribution is -2.49. The molecule has 0 spiro atoms. The minimum atomic E-state index is -0.852. The Bertz CT molecular complexity index is 228. The van der Waals surface area contributed by atoms with Gasteiger partial charge in [0.15, 0.2) is 6.29 Å². The number of rotatable bonds is 6. The van der Waals surface area contributed by atoms with E-state index in [2.05, 4.69) is 5.32 Å². The quantitative estimate of drug-likeness (QED) is 0.468. The lowest BCUT2D eigenvalue weighted by atomic mass is 10.1. The highest BCUT2D eigenvalue weighted by atomic mass is 16.2. The number of hydrogen-bond donors (Lipinski definition) is 3. The fraction of sp³-hybridized carbons (Fsp3) is 0.625. The van der Waals surface area contributed by atoms with E-state index in [1.807, 2.05) is 0 Å². The van der Waals surface area contributed by atoms with Crippen molar-refractivity contribution in [3.8, 4) is 0 Å². The second-order valence-corrected chi connectivity index (χ2v) is 2.94. The first-order valence-corrected chi connectivity index (χ1v) is 4.19. The lowest BCUT2D eigenvalue weighted by Gasteiger charge is -2.15. The van der Waals surface area contributed by atoms with Crippen LogP contribution in [0.1, 0.15) is 19.8 Å². The number of nitrogens with one attached hydrogen (secondary N) is 1. The van der Waals surface area contributed by atoms with Crippen molar-refractivity contribution in [2.24, 2.45) is 11.5 Å². The molecule has 0 aliphatic carbocycles. The smallest absolute Gasteiger partial charge is 0.240 e. The Morgan fingerprint density at radius 3 is 2.43 bits per heavy atom. The van der Waals surface area contributed by atoms with E-state index in [0.717, 1.165) is 0 Å². The number of nitrogens with two attached hydrogens (primary N) is 2. The average Bonchev–Trinajstić information content (AvgIpc) is 2.10. The van der Waals surface area contributed by atoms with Crippen molar-refractivity contribution in [2.75, 3.05) is 0 Å². The molecule has 79 valence electrons. The minimum Gasteiger partial charge on any atom is -0.368 e. The molecule has 1 radical (unpaired) electrons. The van der Waals surface area contributed by atoms with Crippen LogP contribution in [0.4, 0.5) is 0 Å². The Labute approximate surface area is 82.0 Å². The van der Waals surface area contributed by atoms with Crippen LogP contribution in [0.3, 0.4) is 0 Å². The summed E-state index contributed by atoms with van der Waals surface area (Å²) in [6.07, 6.45) is 1.81. The molecule has 14 heavy (non-hydrogen) atoms. The highest BCUT2D eigenvalue weighted by Gasteiger charge is 2.19. The normalized spacial score (nSPS) is 14.1. The van der Waals surface area contributed by atoms with Gasteiger partial charge < -0.3 is 16.8 Å². The maximum atomic E-state index is 11.1. The van der Waals surface area contributed by atoms with Crippen molar-refractivity contribution < 1.29 is 14.4 Å². The largest absolute Gasteiger partial charge is 0.368 e. The predicted octanol–water partition coefficient (Wildman–Crippen LogP) is -1.81. The minimum absolute atomic E-state index is 0.0485. The highest BCUT2D eigenvalue weighted by molar-refractivity contribution is 5.88. The molecule has 2 atom stereocenters. The Kier molecular flexibility index (Phi) is 5.47. The molecule has 0 aliphatic heterocycles. The van der Waals surface area contributed by atoms with Crippen LogP contribution in [-0.2, 0) is 14.4 Å². The van der Waals surface area contributed by atoms with Crippen LogP contribution >= 0.6 is 0 Å². The molecule has 0 saturated carbocycles. The van der Waals surface area contributed by atoms with Crippen molar-refractivity contribution in [3.63, 3.8) is 0 Å². The third-order valence-electron chi connectivity index (χ3n) is 1.61. The summed E-state index contributed by atoms with van der Waals surface area (Å²) in [7, 11) is 0. The van der Waals surface area contributed by atoms with Crippen LogP contribution in [0.15, 0.2) is 0 Å². The van der Waals surface area contributed by atoms with Crippen molar-refractivity contribution in [1.29, 1.82) is 0 Å². The molecule has 0 unspecified atom stereocenters. The Morgan fingerprint density at radius 1 is 1.50 bits per heavy atom. The molecule has 0 aromatic rings. The Morgan fingerprint density at radius 2 is 2.07 bits per heavy atom. The summed E-state index contributed by atoms with van der Waals surface area (Å²) in [5, 5.41) is 2.33. The van der Waals surface area contributed by atoms with Crippen molar-refractivity contribution in [2.45, 2.75) is 31.8 Å². The maximum Gasteiger partial charge on any atom is 0.240 e. The standard InChI is InChI=1S/C8H14N3O3/c1-5(9)8(14)11-6(7(10)13)3-2-4-12/h5-6H,2-3,9H2,1H3,(H2,10,13)(H,11,14)/t5-,6+/m0/s1. The SMILES string of the molecule is C[C@H](N)C(=O)N[C@H](CC[C]=O)C(N)=O. The molecule has 0 bridgehead atoms. The van der Waals surface area contributed by atoms with Crippen LogP contribution in [0, 0.1) is 0 Å². The van der Waals surface area contributed by atoms with Gasteiger partial charge in [-0.25, -0.2) is 0 Å². The molecular weight excluding hydrogens is 186 g/mol. The van der Waals surface area contributed by atoms with Gasteiger partial charge in [0.25, 0.3) is 0 Å². The zero-order valence-electron chi connectivity index (χ0n) is 7.95. The summed E-state index contributed by atoms with van der Waals surface area (Å²) in [6, 6.07) is -1.56. The Hall–Kier alpha value is -1.43. The van der Waals surface area contributed by atoms with Gasteiger partial charge in [0.05, 0.1) is 6.04 Å². The first-order chi connectivity index (χ1) is 6.49. The number of primary amides is 1. The van der Waals surface area contributed by atoms with Crippen LogP contribution in [-0.4, -0.2) is 30.2 Å². The molecule has 0 aromatic heterocycles. The molecule has 6 heteroatoms. The Balaban J connectivity index is 4.15. The fourth-order valence-electron chi connectivity index (χ4n) is 0.792. The topological polar surface area (TPSA) is 115 Å². The molecular formula is C8H14N3O3. The van der Waals surface area contributed by atoms with Gasteiger partial charge in [-0.2, -0.15) is 0 Å². The van der Waals surface area contributed by atoms with Gasteiger partial charge in [-0.3, -0.25) is 14.4 Å². The maximum absolute atomic E-state index is 11.1. The summed E-state index contributed by atoms with van der Waals surface area (Å²) in [5.41, 5.74) is 10.3. The molecule has 0 fully saturated rings. The molecule has 0 aromatic carbocycles. The van der Waals surface area contributed by atoms with Gasteiger partial charge in [-0.1, -0.05) is 0 Å². The summed E-state index contributed by atoms with van der Waals surface area (Å²) in [6.45, 7) is 1.49. The van der Waals surface area contributed by atoms with E-state index in [0.29, 0.717) is 0 Å². The van der Waals surface area contributed by atoms with Gasteiger partial charge in [-0.15, -0.1) is 0 Å². The van der Waals surface area contributed by atoms with Crippen molar-refractivity contribution in [3.05, 3.63) is 0 Å². The molecule has 6 nitrogen and oxygen atoms in total. The van der Waals surface area contributed by atoms with Crippen molar-refractivity contribution >= 4 is 18.1 Å². The second-order valence-electron chi connectivity index (χ2n) is 2.94. The number of hydrogen-bond acceptors (Lipinski definition) is 4. The van der Waals surface area contributed by atoms with E-state index >= 15 is 0 Å². The molecule has 0 heterocycles. The van der Waals surface area contributed by atoms with E-state index in [1.54, 1.807) is 6.29 Å². The van der Waals surface area contributed by atoms with E-state index in [9.17, 15) is 14.4 Å². The van der Waals surface area contributed by atoms with E-state index in [-0.39, 0.29) is 12.8 Å². The molecule has 0 saturated heterocycles. The number of carbonyl (C=O) groups is 2. The summed E-state index contributed by atoms with van der Waals surface area (Å²) in [5.74, 6) is -1.16. The van der Waals surface area contributed by atoms with Gasteiger partial charge in [0.2, 0.25) is 11.8 Å². The predicted molar refractivity (Wildman–Crippen MR) is 49.7 cm³/mol. The first-order valence-electron chi connectivity index (χ1n) is 4.19. The third-order valence-corrected chi connectivity index (χ3v) is 1.61. The highest BCUT2D eigenvalue weighted by Crippen LogP contribution is 1.95. The van der Waals surface area contributed by atoms with Gasteiger partial charge in [0.1, 0.15) is 6.04 Å².